The third kappa shape index (κ3) is 1.28. The van der Waals surface area contributed by atoms with Gasteiger partial charge in [0.1, 0.15) is 0 Å². The summed E-state index contributed by atoms with van der Waals surface area (Å²) < 4.78 is 0. The van der Waals surface area contributed by atoms with Crippen LogP contribution in [-0.4, -0.2) is 5.78 Å². The number of hydrogen-bond acceptors (Lipinski definition) is 1. The lowest BCUT2D eigenvalue weighted by Gasteiger charge is -2.14. The fraction of sp³-hybridized carbons (Fsp3) is 0.562. The van der Waals surface area contributed by atoms with Gasteiger partial charge in [-0.2, -0.15) is 0 Å². The van der Waals surface area contributed by atoms with Gasteiger partial charge >= 0.3 is 0 Å². The van der Waals surface area contributed by atoms with Crippen LogP contribution in [0.25, 0.3) is 0 Å². The maximum absolute atomic E-state index is 12.3. The van der Waals surface area contributed by atoms with Crippen molar-refractivity contribution in [1.29, 1.82) is 0 Å². The molecule has 1 nitrogen and oxygen atoms in total. The van der Waals surface area contributed by atoms with E-state index in [4.69, 9.17) is 0 Å². The zero-order chi connectivity index (χ0) is 11.6. The highest BCUT2D eigenvalue weighted by atomic mass is 16.1. The lowest BCUT2D eigenvalue weighted by atomic mass is 9.89. The van der Waals surface area contributed by atoms with Gasteiger partial charge in [0.25, 0.3) is 0 Å². The van der Waals surface area contributed by atoms with Gasteiger partial charge in [-0.1, -0.05) is 6.07 Å². The lowest BCUT2D eigenvalue weighted by molar-refractivity contribution is 0.0986. The van der Waals surface area contributed by atoms with Crippen molar-refractivity contribution in [2.24, 2.45) is 5.92 Å². The predicted octanol–water partition coefficient (Wildman–Crippen LogP) is 3.56. The van der Waals surface area contributed by atoms with Crippen LogP contribution < -0.4 is 0 Å². The standard InChI is InChI=1S/C16H18O/c1-9-7-11-3-2-4-12(11)16-14(17)8-13(15(9)16)10-5-6-10/h7,10,13H,2-6,8H2,1H3. The molecule has 1 fully saturated rings. The maximum Gasteiger partial charge on any atom is 0.164 e. The van der Waals surface area contributed by atoms with E-state index in [2.05, 4.69) is 13.0 Å². The minimum Gasteiger partial charge on any atom is -0.294 e. The first-order valence-corrected chi connectivity index (χ1v) is 6.94. The molecule has 3 aliphatic carbocycles. The molecule has 17 heavy (non-hydrogen) atoms. The summed E-state index contributed by atoms with van der Waals surface area (Å²) >= 11 is 0. The predicted molar refractivity (Wildman–Crippen MR) is 67.6 cm³/mol. The number of fused-ring (bicyclic) bond motifs is 3. The molecular formula is C16H18O. The van der Waals surface area contributed by atoms with Crippen LogP contribution in [0.2, 0.25) is 0 Å². The molecule has 0 heterocycles. The van der Waals surface area contributed by atoms with Crippen molar-refractivity contribution in [3.05, 3.63) is 33.9 Å². The van der Waals surface area contributed by atoms with E-state index in [-0.39, 0.29) is 0 Å². The largest absolute Gasteiger partial charge is 0.294 e. The highest BCUT2D eigenvalue weighted by Crippen LogP contribution is 2.51. The Hall–Kier alpha value is -1.11. The molecule has 0 radical (unpaired) electrons. The number of benzene rings is 1. The summed E-state index contributed by atoms with van der Waals surface area (Å²) in [6.07, 6.45) is 7.05. The number of ketones is 1. The number of carbonyl (C=O) groups is 1. The Morgan fingerprint density at radius 3 is 2.82 bits per heavy atom. The average Bonchev–Trinajstić information content (AvgIpc) is 2.94. The summed E-state index contributed by atoms with van der Waals surface area (Å²) in [6, 6.07) is 2.37. The maximum atomic E-state index is 12.3. The van der Waals surface area contributed by atoms with Crippen LogP contribution in [0.5, 0.6) is 0 Å². The molecule has 0 aromatic heterocycles. The monoisotopic (exact) mass is 226 g/mol. The molecule has 1 heteroatoms. The first kappa shape index (κ1) is 9.87. The van der Waals surface area contributed by atoms with Gasteiger partial charge < -0.3 is 0 Å². The topological polar surface area (TPSA) is 17.1 Å². The van der Waals surface area contributed by atoms with Crippen LogP contribution in [0.15, 0.2) is 6.07 Å². The molecule has 0 amide bonds. The second-order valence-corrected chi connectivity index (χ2v) is 6.04. The van der Waals surface area contributed by atoms with Crippen LogP contribution in [0.4, 0.5) is 0 Å². The molecule has 0 spiro atoms. The number of aryl methyl sites for hydroxylation is 2. The Kier molecular flexibility index (Phi) is 1.87. The minimum absolute atomic E-state index is 0.443. The van der Waals surface area contributed by atoms with Crippen LogP contribution in [0, 0.1) is 12.8 Å². The third-order valence-corrected chi connectivity index (χ3v) is 4.89. The van der Waals surface area contributed by atoms with Crippen LogP contribution in [-0.2, 0) is 12.8 Å². The van der Waals surface area contributed by atoms with E-state index >= 15 is 0 Å². The molecule has 0 saturated heterocycles. The van der Waals surface area contributed by atoms with Gasteiger partial charge in [-0.25, -0.2) is 0 Å². The summed E-state index contributed by atoms with van der Waals surface area (Å²) in [4.78, 5) is 12.3. The van der Waals surface area contributed by atoms with Crippen molar-refractivity contribution in [3.8, 4) is 0 Å². The Morgan fingerprint density at radius 1 is 1.24 bits per heavy atom. The smallest absolute Gasteiger partial charge is 0.164 e. The van der Waals surface area contributed by atoms with Gasteiger partial charge in [0.15, 0.2) is 5.78 Å². The zero-order valence-electron chi connectivity index (χ0n) is 10.4. The fourth-order valence-corrected chi connectivity index (χ4v) is 4.01. The van der Waals surface area contributed by atoms with E-state index in [1.54, 1.807) is 0 Å². The summed E-state index contributed by atoms with van der Waals surface area (Å²) in [6.45, 7) is 2.21. The van der Waals surface area contributed by atoms with E-state index in [9.17, 15) is 4.79 Å². The van der Waals surface area contributed by atoms with Gasteiger partial charge in [0.2, 0.25) is 0 Å². The molecule has 0 aliphatic heterocycles. The first-order valence-electron chi connectivity index (χ1n) is 6.94. The molecule has 1 unspecified atom stereocenters. The molecule has 1 saturated carbocycles. The molecule has 88 valence electrons. The molecule has 0 N–H and O–H groups in total. The van der Waals surface area contributed by atoms with Crippen molar-refractivity contribution in [2.45, 2.75) is 51.4 Å². The van der Waals surface area contributed by atoms with E-state index in [0.717, 1.165) is 24.3 Å². The molecule has 1 atom stereocenters. The van der Waals surface area contributed by atoms with Gasteiger partial charge in [-0.15, -0.1) is 0 Å². The average molecular weight is 226 g/mol. The van der Waals surface area contributed by atoms with E-state index in [1.807, 2.05) is 0 Å². The normalized spacial score (nSPS) is 26.2. The highest BCUT2D eigenvalue weighted by Gasteiger charge is 2.42. The Balaban J connectivity index is 1.96. The van der Waals surface area contributed by atoms with Gasteiger partial charge in [0, 0.05) is 12.0 Å². The second-order valence-electron chi connectivity index (χ2n) is 6.04. The number of Topliss-reactive ketones (excluding diaryl/α,β-unsaturated/α-hetero) is 1. The Bertz CT molecular complexity index is 523. The Labute approximate surface area is 102 Å². The molecule has 1 aromatic carbocycles. The fourth-order valence-electron chi connectivity index (χ4n) is 4.01. The first-order chi connectivity index (χ1) is 8.25. The van der Waals surface area contributed by atoms with Crippen molar-refractivity contribution >= 4 is 5.78 Å². The van der Waals surface area contributed by atoms with Crippen LogP contribution in [0.1, 0.15) is 64.2 Å². The van der Waals surface area contributed by atoms with Gasteiger partial charge in [0.05, 0.1) is 0 Å². The SMILES string of the molecule is Cc1cc2c(c3c1C(C1CC1)CC3=O)CCC2. The molecule has 4 rings (SSSR count). The second kappa shape index (κ2) is 3.22. The van der Waals surface area contributed by atoms with Crippen molar-refractivity contribution in [2.75, 3.05) is 0 Å². The van der Waals surface area contributed by atoms with Crippen LogP contribution in [0.3, 0.4) is 0 Å². The van der Waals surface area contributed by atoms with E-state index < -0.39 is 0 Å². The molecule has 3 aliphatic rings. The minimum atomic E-state index is 0.443. The zero-order valence-corrected chi connectivity index (χ0v) is 10.4. The molecule has 0 bridgehead atoms. The van der Waals surface area contributed by atoms with Gasteiger partial charge in [-0.05, 0) is 73.1 Å². The summed E-state index contributed by atoms with van der Waals surface area (Å²) in [5, 5.41) is 0. The Morgan fingerprint density at radius 2 is 2.06 bits per heavy atom. The van der Waals surface area contributed by atoms with Crippen LogP contribution >= 0.6 is 0 Å². The summed E-state index contributed by atoms with van der Waals surface area (Å²) in [5.41, 5.74) is 6.88. The van der Waals surface area contributed by atoms with E-state index in [0.29, 0.717) is 11.7 Å². The molecule has 1 aromatic rings. The molecular weight excluding hydrogens is 208 g/mol. The highest BCUT2D eigenvalue weighted by molar-refractivity contribution is 6.03. The third-order valence-electron chi connectivity index (χ3n) is 4.89. The number of rotatable bonds is 1. The summed E-state index contributed by atoms with van der Waals surface area (Å²) in [7, 11) is 0. The number of hydrogen-bond donors (Lipinski definition) is 0. The lowest BCUT2D eigenvalue weighted by Crippen LogP contribution is -2.02. The van der Waals surface area contributed by atoms with E-state index in [1.165, 1.54) is 47.9 Å². The van der Waals surface area contributed by atoms with Crippen molar-refractivity contribution in [1.82, 2.24) is 0 Å². The summed E-state index contributed by atoms with van der Waals surface area (Å²) in [5.74, 6) is 1.83. The van der Waals surface area contributed by atoms with Crippen molar-refractivity contribution < 1.29 is 4.79 Å². The van der Waals surface area contributed by atoms with Gasteiger partial charge in [-0.3, -0.25) is 4.79 Å². The quantitative estimate of drug-likeness (QED) is 0.715. The number of carbonyl (C=O) groups excluding carboxylic acids is 1. The van der Waals surface area contributed by atoms with Crippen molar-refractivity contribution in [3.63, 3.8) is 0 Å².